The monoisotopic (exact) mass is 529 g/mol. The third-order valence-electron chi connectivity index (χ3n) is 10.9. The average Bonchev–Trinajstić information content (AvgIpc) is 2.82. The predicted molar refractivity (Wildman–Crippen MR) is 152 cm³/mol. The van der Waals surface area contributed by atoms with Gasteiger partial charge in [0.15, 0.2) is 11.5 Å². The molecule has 37 heavy (non-hydrogen) atoms. The lowest BCUT2D eigenvalue weighted by Gasteiger charge is -2.65. The summed E-state index contributed by atoms with van der Waals surface area (Å²) in [4.78, 5) is 11.8. The first-order chi connectivity index (χ1) is 17.0. The fourth-order valence-corrected chi connectivity index (χ4v) is 9.04. The first-order valence-corrected chi connectivity index (χ1v) is 14.9. The fourth-order valence-electron chi connectivity index (χ4n) is 7.94. The standard InChI is InChI=1S/C31H47NO4S/c1-19-24-20(16-21(33)25(19)34)30(6)12-11-29(5)18-28(4,9-8-27(2,3)26(35)36)10-13-31(29,7)23(30)17-22(24)37-15-14-32/h16-17,22,33-34H,8-15,18,32H2,1-7H3,(H,35,36). The molecule has 6 heteroatoms. The lowest BCUT2D eigenvalue weighted by molar-refractivity contribution is -0.148. The molecule has 0 aliphatic heterocycles. The Labute approximate surface area is 227 Å². The molecule has 0 radical (unpaired) electrons. The average molecular weight is 530 g/mol. The highest BCUT2D eigenvalue weighted by Gasteiger charge is 2.61. The number of phenols is 2. The molecule has 0 heterocycles. The number of rotatable bonds is 7. The summed E-state index contributed by atoms with van der Waals surface area (Å²) in [6, 6.07) is 1.83. The molecule has 0 aromatic heterocycles. The Balaban J connectivity index is 1.75. The molecule has 206 valence electrons. The number of nitrogens with two attached hydrogens (primary N) is 1. The molecule has 2 fully saturated rings. The number of aliphatic carboxylic acids is 1. The van der Waals surface area contributed by atoms with Gasteiger partial charge in [-0.25, -0.2) is 0 Å². The Bertz CT molecular complexity index is 1130. The first kappa shape index (κ1) is 28.4. The highest BCUT2D eigenvalue weighted by molar-refractivity contribution is 7.99. The van der Waals surface area contributed by atoms with E-state index in [1.54, 1.807) is 0 Å². The molecule has 0 amide bonds. The molecule has 1 aromatic rings. The number of hydrogen-bond donors (Lipinski definition) is 4. The lowest BCUT2D eigenvalue weighted by atomic mass is 9.40. The Hall–Kier alpha value is -1.66. The van der Waals surface area contributed by atoms with Crippen LogP contribution in [0.15, 0.2) is 17.7 Å². The number of benzene rings is 1. The number of fused-ring (bicyclic) bond motifs is 5. The van der Waals surface area contributed by atoms with Gasteiger partial charge in [-0.15, -0.1) is 11.8 Å². The van der Waals surface area contributed by atoms with Crippen LogP contribution in [0, 0.1) is 28.6 Å². The van der Waals surface area contributed by atoms with E-state index in [1.807, 2.05) is 38.6 Å². The summed E-state index contributed by atoms with van der Waals surface area (Å²) in [7, 11) is 0. The lowest BCUT2D eigenvalue weighted by Crippen LogP contribution is -2.56. The van der Waals surface area contributed by atoms with Gasteiger partial charge in [0.2, 0.25) is 0 Å². The largest absolute Gasteiger partial charge is 0.504 e. The molecule has 5 atom stereocenters. The number of allylic oxidation sites excluding steroid dienone is 1. The number of thioether (sulfide) groups is 1. The van der Waals surface area contributed by atoms with Crippen LogP contribution >= 0.6 is 11.8 Å². The van der Waals surface area contributed by atoms with Crippen LogP contribution in [0.1, 0.15) is 108 Å². The van der Waals surface area contributed by atoms with E-state index in [0.29, 0.717) is 13.0 Å². The van der Waals surface area contributed by atoms with E-state index in [2.05, 4.69) is 33.8 Å². The summed E-state index contributed by atoms with van der Waals surface area (Å²) >= 11 is 1.82. The maximum absolute atomic E-state index is 11.8. The van der Waals surface area contributed by atoms with Crippen molar-refractivity contribution in [2.75, 3.05) is 12.3 Å². The summed E-state index contributed by atoms with van der Waals surface area (Å²) < 4.78 is 0. The van der Waals surface area contributed by atoms with Gasteiger partial charge >= 0.3 is 5.97 Å². The minimum Gasteiger partial charge on any atom is -0.504 e. The third-order valence-corrected chi connectivity index (χ3v) is 12.1. The van der Waals surface area contributed by atoms with Crippen LogP contribution in [-0.4, -0.2) is 33.6 Å². The Kier molecular flexibility index (Phi) is 7.07. The van der Waals surface area contributed by atoms with Gasteiger partial charge in [0.05, 0.1) is 5.41 Å². The van der Waals surface area contributed by atoms with Crippen molar-refractivity contribution in [3.8, 4) is 11.5 Å². The van der Waals surface area contributed by atoms with E-state index in [-0.39, 0.29) is 38.4 Å². The second-order valence-corrected chi connectivity index (χ2v) is 15.1. The molecule has 3 aliphatic carbocycles. The zero-order valence-electron chi connectivity index (χ0n) is 23.8. The topological polar surface area (TPSA) is 104 Å². The maximum atomic E-state index is 11.8. The van der Waals surface area contributed by atoms with E-state index >= 15 is 0 Å². The molecular formula is C31H47NO4S. The number of phenolic OH excluding ortho intramolecular Hbond substituents is 2. The molecule has 1 aromatic carbocycles. The van der Waals surface area contributed by atoms with E-state index in [4.69, 9.17) is 5.73 Å². The smallest absolute Gasteiger partial charge is 0.309 e. The van der Waals surface area contributed by atoms with Crippen LogP contribution in [-0.2, 0) is 10.2 Å². The SMILES string of the molecule is Cc1c(O)c(O)cc2c1C(SCCN)C=C1C2(C)CCC2(C)CC(C)(CCC(C)(C)C(=O)O)CCC12C. The van der Waals surface area contributed by atoms with Crippen molar-refractivity contribution in [1.82, 2.24) is 0 Å². The Morgan fingerprint density at radius 1 is 1.14 bits per heavy atom. The van der Waals surface area contributed by atoms with Crippen molar-refractivity contribution in [3.63, 3.8) is 0 Å². The Morgan fingerprint density at radius 2 is 1.81 bits per heavy atom. The first-order valence-electron chi connectivity index (χ1n) is 13.9. The summed E-state index contributed by atoms with van der Waals surface area (Å²) in [5.74, 6) is 0.0732. The highest BCUT2D eigenvalue weighted by Crippen LogP contribution is 2.71. The van der Waals surface area contributed by atoms with Gasteiger partial charge in [-0.3, -0.25) is 4.79 Å². The quantitative estimate of drug-likeness (QED) is 0.219. The second-order valence-electron chi connectivity index (χ2n) is 13.9. The molecule has 5 nitrogen and oxygen atoms in total. The van der Waals surface area contributed by atoms with Crippen molar-refractivity contribution in [1.29, 1.82) is 0 Å². The van der Waals surface area contributed by atoms with Crippen molar-refractivity contribution in [2.45, 2.75) is 104 Å². The van der Waals surface area contributed by atoms with Gasteiger partial charge in [-0.1, -0.05) is 39.3 Å². The van der Waals surface area contributed by atoms with Crippen LogP contribution in [0.3, 0.4) is 0 Å². The molecule has 5 N–H and O–H groups in total. The van der Waals surface area contributed by atoms with Crippen LogP contribution in [0.4, 0.5) is 0 Å². The molecule has 4 rings (SSSR count). The van der Waals surface area contributed by atoms with Gasteiger partial charge < -0.3 is 21.1 Å². The minimum absolute atomic E-state index is 0.00243. The molecule has 3 aliphatic rings. The molecular weight excluding hydrogens is 482 g/mol. The predicted octanol–water partition coefficient (Wildman–Crippen LogP) is 7.22. The van der Waals surface area contributed by atoms with Gasteiger partial charge in [0.1, 0.15) is 0 Å². The van der Waals surface area contributed by atoms with Gasteiger partial charge in [0.25, 0.3) is 0 Å². The van der Waals surface area contributed by atoms with E-state index in [1.165, 1.54) is 5.57 Å². The molecule has 0 saturated heterocycles. The summed E-state index contributed by atoms with van der Waals surface area (Å²) in [5, 5.41) is 31.0. The van der Waals surface area contributed by atoms with Gasteiger partial charge in [0, 0.05) is 23.0 Å². The number of carboxylic acid groups (broad SMARTS) is 1. The summed E-state index contributed by atoms with van der Waals surface area (Å²) in [6.07, 6.45) is 9.42. The Morgan fingerprint density at radius 3 is 2.43 bits per heavy atom. The number of aromatic hydroxyl groups is 2. The summed E-state index contributed by atoms with van der Waals surface area (Å²) in [6.45, 7) is 15.8. The zero-order chi connectivity index (χ0) is 27.6. The zero-order valence-corrected chi connectivity index (χ0v) is 24.6. The van der Waals surface area contributed by atoms with E-state index in [0.717, 1.165) is 61.0 Å². The van der Waals surface area contributed by atoms with Crippen LogP contribution in [0.25, 0.3) is 0 Å². The molecule has 0 bridgehead atoms. The fraction of sp³-hybridized carbons (Fsp3) is 0.710. The van der Waals surface area contributed by atoms with Crippen LogP contribution in [0.2, 0.25) is 0 Å². The number of carbonyl (C=O) groups is 1. The minimum atomic E-state index is -0.715. The molecule has 5 unspecified atom stereocenters. The summed E-state index contributed by atoms with van der Waals surface area (Å²) in [5.41, 5.74) is 9.79. The molecule has 2 saturated carbocycles. The van der Waals surface area contributed by atoms with E-state index in [9.17, 15) is 20.1 Å². The van der Waals surface area contributed by atoms with Crippen molar-refractivity contribution in [2.24, 2.45) is 27.4 Å². The van der Waals surface area contributed by atoms with Crippen molar-refractivity contribution in [3.05, 3.63) is 34.4 Å². The van der Waals surface area contributed by atoms with E-state index < -0.39 is 11.4 Å². The number of hydrogen-bond acceptors (Lipinski definition) is 5. The normalized spacial score (nSPS) is 35.2. The second kappa shape index (κ2) is 9.22. The number of carboxylic acids is 1. The van der Waals surface area contributed by atoms with Crippen molar-refractivity contribution >= 4 is 17.7 Å². The van der Waals surface area contributed by atoms with Gasteiger partial charge in [-0.05, 0) is 105 Å². The van der Waals surface area contributed by atoms with Gasteiger partial charge in [-0.2, -0.15) is 0 Å². The maximum Gasteiger partial charge on any atom is 0.309 e. The molecule has 0 spiro atoms. The highest BCUT2D eigenvalue weighted by atomic mass is 32.2. The third kappa shape index (κ3) is 4.40. The van der Waals surface area contributed by atoms with Crippen molar-refractivity contribution < 1.29 is 20.1 Å². The van der Waals surface area contributed by atoms with Crippen LogP contribution in [0.5, 0.6) is 11.5 Å². The van der Waals surface area contributed by atoms with Crippen LogP contribution < -0.4 is 5.73 Å².